The third-order valence-corrected chi connectivity index (χ3v) is 2.86. The van der Waals surface area contributed by atoms with E-state index in [9.17, 15) is 13.6 Å². The molecule has 1 aliphatic heterocycles. The molecule has 1 amide bonds. The van der Waals surface area contributed by atoms with Gasteiger partial charge in [-0.15, -0.1) is 0 Å². The van der Waals surface area contributed by atoms with Crippen molar-refractivity contribution in [2.45, 2.75) is 12.5 Å². The number of amides is 1. The summed E-state index contributed by atoms with van der Waals surface area (Å²) in [6.45, 7) is 1.50. The summed E-state index contributed by atoms with van der Waals surface area (Å²) in [6, 6.07) is 1.95. The van der Waals surface area contributed by atoms with Crippen LogP contribution in [-0.4, -0.2) is 32.1 Å². The van der Waals surface area contributed by atoms with Crippen LogP contribution in [0.3, 0.4) is 0 Å². The van der Waals surface area contributed by atoms with Crippen molar-refractivity contribution in [3.05, 3.63) is 29.3 Å². The molecule has 2 rings (SSSR count). The van der Waals surface area contributed by atoms with E-state index in [0.29, 0.717) is 6.54 Å². The Morgan fingerprint density at radius 3 is 2.61 bits per heavy atom. The Morgan fingerprint density at radius 1 is 1.44 bits per heavy atom. The van der Waals surface area contributed by atoms with Crippen LogP contribution in [-0.2, 0) is 0 Å². The molecule has 0 unspecified atom stereocenters. The van der Waals surface area contributed by atoms with E-state index in [1.807, 2.05) is 0 Å². The van der Waals surface area contributed by atoms with Crippen LogP contribution < -0.4 is 15.4 Å². The molecule has 1 fully saturated rings. The van der Waals surface area contributed by atoms with Crippen LogP contribution in [0.4, 0.5) is 8.78 Å². The summed E-state index contributed by atoms with van der Waals surface area (Å²) in [5.74, 6) is -2.72. The van der Waals surface area contributed by atoms with E-state index in [1.165, 1.54) is 7.11 Å². The Morgan fingerprint density at radius 2 is 2.11 bits per heavy atom. The average molecular weight is 256 g/mol. The van der Waals surface area contributed by atoms with Gasteiger partial charge in [0.05, 0.1) is 7.11 Å². The van der Waals surface area contributed by atoms with E-state index in [-0.39, 0.29) is 11.6 Å². The van der Waals surface area contributed by atoms with E-state index < -0.39 is 23.3 Å². The highest BCUT2D eigenvalue weighted by molar-refractivity contribution is 5.94. The first-order valence-corrected chi connectivity index (χ1v) is 5.66. The molecule has 0 radical (unpaired) electrons. The summed E-state index contributed by atoms with van der Waals surface area (Å²) >= 11 is 0. The third kappa shape index (κ3) is 2.59. The number of carbonyl (C=O) groups is 1. The van der Waals surface area contributed by atoms with Crippen LogP contribution in [0.2, 0.25) is 0 Å². The lowest BCUT2D eigenvalue weighted by atomic mass is 10.1. The highest BCUT2D eigenvalue weighted by atomic mass is 19.1. The van der Waals surface area contributed by atoms with Crippen molar-refractivity contribution in [2.24, 2.45) is 0 Å². The van der Waals surface area contributed by atoms with Crippen molar-refractivity contribution in [2.75, 3.05) is 20.2 Å². The zero-order valence-electron chi connectivity index (χ0n) is 9.93. The van der Waals surface area contributed by atoms with Gasteiger partial charge in [0.25, 0.3) is 5.91 Å². The van der Waals surface area contributed by atoms with Crippen molar-refractivity contribution >= 4 is 5.91 Å². The lowest BCUT2D eigenvalue weighted by Gasteiger charge is -2.12. The van der Waals surface area contributed by atoms with Crippen molar-refractivity contribution in [1.29, 1.82) is 0 Å². The highest BCUT2D eigenvalue weighted by Crippen LogP contribution is 2.22. The number of hydrogen-bond acceptors (Lipinski definition) is 3. The molecule has 6 heteroatoms. The lowest BCUT2D eigenvalue weighted by molar-refractivity contribution is 0.0939. The van der Waals surface area contributed by atoms with Crippen LogP contribution in [0.25, 0.3) is 0 Å². The largest absolute Gasteiger partial charge is 0.491 e. The minimum atomic E-state index is -0.882. The van der Waals surface area contributed by atoms with Gasteiger partial charge in [-0.3, -0.25) is 4.79 Å². The summed E-state index contributed by atoms with van der Waals surface area (Å²) < 4.78 is 31.4. The number of methoxy groups -OCH3 is 1. The molecule has 0 bridgehead atoms. The normalized spacial score (nSPS) is 18.7. The minimum absolute atomic E-state index is 0.00530. The molecule has 1 atom stereocenters. The topological polar surface area (TPSA) is 50.4 Å². The van der Waals surface area contributed by atoms with Crippen LogP contribution >= 0.6 is 0 Å². The van der Waals surface area contributed by atoms with Gasteiger partial charge in [-0.2, -0.15) is 0 Å². The Hall–Kier alpha value is -1.69. The van der Waals surface area contributed by atoms with E-state index in [4.69, 9.17) is 0 Å². The van der Waals surface area contributed by atoms with Gasteiger partial charge in [0.1, 0.15) is 0 Å². The minimum Gasteiger partial charge on any atom is -0.491 e. The fourth-order valence-electron chi connectivity index (χ4n) is 1.93. The van der Waals surface area contributed by atoms with Crippen molar-refractivity contribution in [3.8, 4) is 5.75 Å². The number of benzene rings is 1. The van der Waals surface area contributed by atoms with Gasteiger partial charge in [0.2, 0.25) is 0 Å². The lowest BCUT2D eigenvalue weighted by Crippen LogP contribution is -2.36. The third-order valence-electron chi connectivity index (χ3n) is 2.86. The van der Waals surface area contributed by atoms with Crippen molar-refractivity contribution < 1.29 is 18.3 Å². The molecule has 1 aliphatic rings. The first kappa shape index (κ1) is 12.8. The van der Waals surface area contributed by atoms with E-state index in [1.54, 1.807) is 0 Å². The van der Waals surface area contributed by atoms with Gasteiger partial charge >= 0.3 is 0 Å². The predicted molar refractivity (Wildman–Crippen MR) is 61.7 cm³/mol. The molecule has 0 saturated carbocycles. The Kier molecular flexibility index (Phi) is 3.76. The van der Waals surface area contributed by atoms with Crippen molar-refractivity contribution in [3.63, 3.8) is 0 Å². The highest BCUT2D eigenvalue weighted by Gasteiger charge is 2.20. The first-order chi connectivity index (χ1) is 8.61. The quantitative estimate of drug-likeness (QED) is 0.850. The molecule has 1 aromatic rings. The van der Waals surface area contributed by atoms with Gasteiger partial charge in [0, 0.05) is 18.2 Å². The monoisotopic (exact) mass is 256 g/mol. The number of ether oxygens (including phenoxy) is 1. The van der Waals surface area contributed by atoms with E-state index in [2.05, 4.69) is 15.4 Å². The van der Waals surface area contributed by atoms with E-state index in [0.717, 1.165) is 25.1 Å². The summed E-state index contributed by atoms with van der Waals surface area (Å²) in [4.78, 5) is 11.8. The maximum atomic E-state index is 13.4. The van der Waals surface area contributed by atoms with Gasteiger partial charge in [-0.25, -0.2) is 8.78 Å². The fraction of sp³-hybridized carbons (Fsp3) is 0.417. The van der Waals surface area contributed by atoms with Gasteiger partial charge < -0.3 is 15.4 Å². The van der Waals surface area contributed by atoms with Gasteiger partial charge in [0.15, 0.2) is 17.4 Å². The number of nitrogens with one attached hydrogen (secondary N) is 2. The number of rotatable bonds is 3. The molecular weight excluding hydrogens is 242 g/mol. The number of hydrogen-bond donors (Lipinski definition) is 2. The molecule has 98 valence electrons. The summed E-state index contributed by atoms with van der Waals surface area (Å²) in [6.07, 6.45) is 0.812. The zero-order chi connectivity index (χ0) is 13.1. The molecule has 0 aromatic heterocycles. The fourth-order valence-corrected chi connectivity index (χ4v) is 1.93. The molecule has 4 nitrogen and oxygen atoms in total. The van der Waals surface area contributed by atoms with Gasteiger partial charge in [-0.1, -0.05) is 0 Å². The molecular formula is C12H14F2N2O2. The molecule has 18 heavy (non-hydrogen) atoms. The molecule has 1 heterocycles. The second kappa shape index (κ2) is 5.30. The van der Waals surface area contributed by atoms with Crippen LogP contribution in [0.15, 0.2) is 12.1 Å². The summed E-state index contributed by atoms with van der Waals surface area (Å²) in [5.41, 5.74) is -0.0438. The maximum Gasteiger partial charge on any atom is 0.251 e. The Labute approximate surface area is 103 Å². The van der Waals surface area contributed by atoms with Gasteiger partial charge in [-0.05, 0) is 25.1 Å². The Balaban J connectivity index is 2.15. The predicted octanol–water partition coefficient (Wildman–Crippen LogP) is 1.07. The number of halogens is 2. The maximum absolute atomic E-state index is 13.4. The molecule has 2 N–H and O–H groups in total. The molecule has 1 aromatic carbocycles. The van der Waals surface area contributed by atoms with Crippen LogP contribution in [0.5, 0.6) is 5.75 Å². The average Bonchev–Trinajstić information content (AvgIpc) is 2.81. The summed E-state index contributed by atoms with van der Waals surface area (Å²) in [7, 11) is 1.17. The second-order valence-corrected chi connectivity index (χ2v) is 4.14. The SMILES string of the molecule is COc1c(F)cc(C(=O)N[C@H]2CCNC2)cc1F. The second-order valence-electron chi connectivity index (χ2n) is 4.14. The summed E-state index contributed by atoms with van der Waals surface area (Å²) in [5, 5.41) is 5.80. The number of carbonyl (C=O) groups excluding carboxylic acids is 1. The van der Waals surface area contributed by atoms with E-state index >= 15 is 0 Å². The molecule has 1 saturated heterocycles. The smallest absolute Gasteiger partial charge is 0.251 e. The zero-order valence-corrected chi connectivity index (χ0v) is 9.93. The Bertz CT molecular complexity index is 436. The molecule has 0 aliphatic carbocycles. The van der Waals surface area contributed by atoms with Crippen LogP contribution in [0, 0.1) is 11.6 Å². The van der Waals surface area contributed by atoms with Crippen LogP contribution in [0.1, 0.15) is 16.8 Å². The first-order valence-electron chi connectivity index (χ1n) is 5.66. The standard InChI is InChI=1S/C12H14F2N2O2/c1-18-11-9(13)4-7(5-10(11)14)12(17)16-8-2-3-15-6-8/h4-5,8,15H,2-3,6H2,1H3,(H,16,17)/t8-/m0/s1. The van der Waals surface area contributed by atoms with Crippen molar-refractivity contribution in [1.82, 2.24) is 10.6 Å². The molecule has 0 spiro atoms.